The first kappa shape index (κ1) is 21.0. The molecule has 0 aliphatic rings. The highest BCUT2D eigenvalue weighted by atomic mass is 19.1. The summed E-state index contributed by atoms with van der Waals surface area (Å²) in [5, 5.41) is 2.76. The molecule has 32 heavy (non-hydrogen) atoms. The first-order valence-electron chi connectivity index (χ1n) is 10.1. The normalized spacial score (nSPS) is 10.4. The summed E-state index contributed by atoms with van der Waals surface area (Å²) in [6.45, 7) is 1.91. The van der Waals surface area contributed by atoms with Gasteiger partial charge in [-0.05, 0) is 48.9 Å². The van der Waals surface area contributed by atoms with Crippen molar-refractivity contribution in [1.82, 2.24) is 0 Å². The topological polar surface area (TPSA) is 55.4 Å². The Balaban J connectivity index is 1.76. The third kappa shape index (κ3) is 4.57. The predicted molar refractivity (Wildman–Crippen MR) is 122 cm³/mol. The van der Waals surface area contributed by atoms with Crippen molar-refractivity contribution in [2.75, 3.05) is 5.32 Å². The average Bonchev–Trinajstić information content (AvgIpc) is 2.81. The number of rotatable bonds is 6. The van der Waals surface area contributed by atoms with Gasteiger partial charge in [-0.15, -0.1) is 0 Å². The second-order valence-electron chi connectivity index (χ2n) is 7.24. The number of carbonyl (C=O) groups excluding carboxylic acids is 2. The number of ether oxygens (including phenoxy) is 1. The van der Waals surface area contributed by atoms with E-state index in [-0.39, 0.29) is 16.9 Å². The third-order valence-corrected chi connectivity index (χ3v) is 4.86. The first-order chi connectivity index (χ1) is 15.5. The Morgan fingerprint density at radius 2 is 1.44 bits per heavy atom. The summed E-state index contributed by atoms with van der Waals surface area (Å²) in [6, 6.07) is 26.9. The van der Waals surface area contributed by atoms with Crippen molar-refractivity contribution in [3.05, 3.63) is 125 Å². The molecule has 0 aliphatic carbocycles. The predicted octanol–water partition coefficient (Wildman–Crippen LogP) is 6.41. The molecule has 0 saturated carbocycles. The molecule has 4 rings (SSSR count). The Morgan fingerprint density at radius 1 is 0.781 bits per heavy atom. The summed E-state index contributed by atoms with van der Waals surface area (Å²) in [6.07, 6.45) is 0. The number of para-hydroxylation sites is 1. The number of amides is 1. The molecule has 0 atom stereocenters. The molecule has 0 fully saturated rings. The molecule has 4 nitrogen and oxygen atoms in total. The van der Waals surface area contributed by atoms with Crippen LogP contribution in [0.15, 0.2) is 97.1 Å². The molecule has 4 aromatic carbocycles. The van der Waals surface area contributed by atoms with Crippen LogP contribution in [0.2, 0.25) is 0 Å². The molecule has 0 heterocycles. The molecule has 0 aliphatic heterocycles. The van der Waals surface area contributed by atoms with Gasteiger partial charge < -0.3 is 10.1 Å². The van der Waals surface area contributed by atoms with Crippen molar-refractivity contribution in [2.45, 2.75) is 6.92 Å². The van der Waals surface area contributed by atoms with Gasteiger partial charge in [0.1, 0.15) is 5.75 Å². The van der Waals surface area contributed by atoms with Gasteiger partial charge in [-0.2, -0.15) is 0 Å². The lowest BCUT2D eigenvalue weighted by atomic mass is 10.00. The van der Waals surface area contributed by atoms with Crippen LogP contribution >= 0.6 is 0 Å². The highest BCUT2D eigenvalue weighted by Crippen LogP contribution is 2.32. The highest BCUT2D eigenvalue weighted by Gasteiger charge is 2.24. The average molecular weight is 425 g/mol. The number of halogens is 1. The molecule has 4 aromatic rings. The summed E-state index contributed by atoms with van der Waals surface area (Å²) < 4.78 is 21.4. The zero-order valence-electron chi connectivity index (χ0n) is 17.3. The van der Waals surface area contributed by atoms with Gasteiger partial charge in [-0.25, -0.2) is 4.39 Å². The molecule has 1 N–H and O–H groups in total. The van der Waals surface area contributed by atoms with Gasteiger partial charge in [0.2, 0.25) is 0 Å². The molecule has 1 amide bonds. The number of aryl methyl sites for hydroxylation is 1. The summed E-state index contributed by atoms with van der Waals surface area (Å²) in [5.74, 6) is -1.88. The molecule has 5 heteroatoms. The summed E-state index contributed by atoms with van der Waals surface area (Å²) >= 11 is 0. The first-order valence-corrected chi connectivity index (χ1v) is 10.1. The second kappa shape index (κ2) is 9.27. The fourth-order valence-corrected chi connectivity index (χ4v) is 3.28. The Bertz CT molecular complexity index is 1270. The number of ketones is 1. The van der Waals surface area contributed by atoms with Gasteiger partial charge in [-0.1, -0.05) is 60.7 Å². The molecule has 0 radical (unpaired) electrons. The Morgan fingerprint density at radius 3 is 2.12 bits per heavy atom. The van der Waals surface area contributed by atoms with Gasteiger partial charge in [0, 0.05) is 11.3 Å². The Labute approximate surface area is 185 Å². The molecule has 0 unspecified atom stereocenters. The van der Waals surface area contributed by atoms with E-state index in [4.69, 9.17) is 4.74 Å². The number of nitrogens with one attached hydrogen (secondary N) is 1. The van der Waals surface area contributed by atoms with Gasteiger partial charge in [0.05, 0.1) is 11.1 Å². The molecule has 0 bridgehead atoms. The zero-order chi connectivity index (χ0) is 22.5. The van der Waals surface area contributed by atoms with Crippen molar-refractivity contribution >= 4 is 17.4 Å². The van der Waals surface area contributed by atoms with E-state index < -0.39 is 17.5 Å². The minimum atomic E-state index is -0.889. The Kier molecular flexibility index (Phi) is 6.08. The summed E-state index contributed by atoms with van der Waals surface area (Å²) in [4.78, 5) is 25.9. The van der Waals surface area contributed by atoms with E-state index in [1.807, 2.05) is 19.1 Å². The van der Waals surface area contributed by atoms with E-state index in [0.29, 0.717) is 17.0 Å². The van der Waals surface area contributed by atoms with Crippen molar-refractivity contribution in [2.24, 2.45) is 0 Å². The van der Waals surface area contributed by atoms with Crippen LogP contribution in [-0.4, -0.2) is 11.7 Å². The van der Waals surface area contributed by atoms with Gasteiger partial charge >= 0.3 is 0 Å². The van der Waals surface area contributed by atoms with Gasteiger partial charge in [0.25, 0.3) is 5.91 Å². The quantitative estimate of drug-likeness (QED) is 0.363. The maximum Gasteiger partial charge on any atom is 0.259 e. The minimum absolute atomic E-state index is 0.0162. The fraction of sp³-hybridized carbons (Fsp3) is 0.0370. The van der Waals surface area contributed by atoms with Crippen molar-refractivity contribution in [3.8, 4) is 11.5 Å². The van der Waals surface area contributed by atoms with Crippen molar-refractivity contribution < 1.29 is 18.7 Å². The van der Waals surface area contributed by atoms with E-state index in [1.54, 1.807) is 72.8 Å². The van der Waals surface area contributed by atoms with E-state index in [9.17, 15) is 9.59 Å². The SMILES string of the molecule is Cc1cccc(NC(=O)c2ccc(C(=O)c3ccccc3)c(F)c2Oc2ccccc2)c1. The molecule has 0 aromatic heterocycles. The molecular weight excluding hydrogens is 405 g/mol. The molecule has 0 spiro atoms. The fourth-order valence-electron chi connectivity index (χ4n) is 3.28. The Hall–Kier alpha value is -4.25. The van der Waals surface area contributed by atoms with Crippen LogP contribution in [0.25, 0.3) is 0 Å². The van der Waals surface area contributed by atoms with Gasteiger partial charge in [-0.3, -0.25) is 9.59 Å². The number of hydrogen-bond acceptors (Lipinski definition) is 3. The van der Waals surface area contributed by atoms with Crippen molar-refractivity contribution in [3.63, 3.8) is 0 Å². The van der Waals surface area contributed by atoms with Crippen LogP contribution in [0.1, 0.15) is 31.8 Å². The van der Waals surface area contributed by atoms with Crippen LogP contribution in [-0.2, 0) is 0 Å². The lowest BCUT2D eigenvalue weighted by Crippen LogP contribution is -2.15. The number of hydrogen-bond donors (Lipinski definition) is 1. The van der Waals surface area contributed by atoms with E-state index >= 15 is 4.39 Å². The maximum absolute atomic E-state index is 15.6. The van der Waals surface area contributed by atoms with Crippen LogP contribution in [0.3, 0.4) is 0 Å². The van der Waals surface area contributed by atoms with Crippen LogP contribution in [0, 0.1) is 12.7 Å². The number of benzene rings is 4. The summed E-state index contributed by atoms with van der Waals surface area (Å²) in [5.41, 5.74) is 1.70. The third-order valence-electron chi connectivity index (χ3n) is 4.86. The largest absolute Gasteiger partial charge is 0.453 e. The lowest BCUT2D eigenvalue weighted by molar-refractivity contribution is 0.101. The molecular formula is C27H20FNO3. The van der Waals surface area contributed by atoms with E-state index in [1.165, 1.54) is 12.1 Å². The van der Waals surface area contributed by atoms with Crippen LogP contribution in [0.4, 0.5) is 10.1 Å². The lowest BCUT2D eigenvalue weighted by Gasteiger charge is -2.15. The van der Waals surface area contributed by atoms with Crippen LogP contribution < -0.4 is 10.1 Å². The highest BCUT2D eigenvalue weighted by molar-refractivity contribution is 6.11. The van der Waals surface area contributed by atoms with Crippen molar-refractivity contribution in [1.29, 1.82) is 0 Å². The van der Waals surface area contributed by atoms with E-state index in [2.05, 4.69) is 5.32 Å². The maximum atomic E-state index is 15.6. The molecule has 158 valence electrons. The second-order valence-corrected chi connectivity index (χ2v) is 7.24. The van der Waals surface area contributed by atoms with Gasteiger partial charge in [0.15, 0.2) is 17.3 Å². The van der Waals surface area contributed by atoms with E-state index in [0.717, 1.165) is 5.56 Å². The molecule has 0 saturated heterocycles. The zero-order valence-corrected chi connectivity index (χ0v) is 17.3. The number of carbonyl (C=O) groups is 2. The summed E-state index contributed by atoms with van der Waals surface area (Å²) in [7, 11) is 0. The standard InChI is InChI=1S/C27H20FNO3/c1-18-9-8-12-20(17-18)29-27(31)23-16-15-22(25(30)19-10-4-2-5-11-19)24(28)26(23)32-21-13-6-3-7-14-21/h2-17H,1H3,(H,29,31). The van der Waals surface area contributed by atoms with Crippen LogP contribution in [0.5, 0.6) is 11.5 Å². The smallest absolute Gasteiger partial charge is 0.259 e. The number of anilines is 1. The minimum Gasteiger partial charge on any atom is -0.453 e. The monoisotopic (exact) mass is 425 g/mol.